The van der Waals surface area contributed by atoms with Crippen molar-refractivity contribution in [2.75, 3.05) is 23.9 Å². The zero-order valence-electron chi connectivity index (χ0n) is 10.4. The van der Waals surface area contributed by atoms with Gasteiger partial charge in [0.2, 0.25) is 0 Å². The summed E-state index contributed by atoms with van der Waals surface area (Å²) in [5.41, 5.74) is 3.53. The SMILES string of the molecule is CCc1c(NN)ncnc1N(C)CC(C)C#N. The van der Waals surface area contributed by atoms with E-state index in [1.54, 1.807) is 0 Å². The van der Waals surface area contributed by atoms with E-state index in [-0.39, 0.29) is 5.92 Å². The predicted octanol–water partition coefficient (Wildman–Crippen LogP) is 0.920. The summed E-state index contributed by atoms with van der Waals surface area (Å²) in [4.78, 5) is 10.3. The Morgan fingerprint density at radius 1 is 1.59 bits per heavy atom. The molecule has 1 aromatic heterocycles. The molecule has 0 aliphatic rings. The molecule has 0 aliphatic carbocycles. The second-order valence-electron chi connectivity index (χ2n) is 3.93. The van der Waals surface area contributed by atoms with Crippen LogP contribution in [-0.4, -0.2) is 23.6 Å². The van der Waals surface area contributed by atoms with Crippen molar-refractivity contribution in [2.45, 2.75) is 20.3 Å². The second-order valence-corrected chi connectivity index (χ2v) is 3.93. The Balaban J connectivity index is 3.01. The van der Waals surface area contributed by atoms with E-state index in [1.165, 1.54) is 6.33 Å². The molecule has 0 aromatic carbocycles. The molecule has 1 rings (SSSR count). The lowest BCUT2D eigenvalue weighted by molar-refractivity contribution is 0.706. The van der Waals surface area contributed by atoms with E-state index in [2.05, 4.69) is 21.5 Å². The van der Waals surface area contributed by atoms with Crippen molar-refractivity contribution >= 4 is 11.6 Å². The molecule has 1 atom stereocenters. The van der Waals surface area contributed by atoms with Gasteiger partial charge in [-0.25, -0.2) is 15.8 Å². The summed E-state index contributed by atoms with van der Waals surface area (Å²) in [5.74, 6) is 6.81. The summed E-state index contributed by atoms with van der Waals surface area (Å²) in [6.45, 7) is 4.53. The Labute approximate surface area is 101 Å². The minimum absolute atomic E-state index is 0.0473. The first-order valence-electron chi connectivity index (χ1n) is 5.55. The summed E-state index contributed by atoms with van der Waals surface area (Å²) in [6, 6.07) is 2.21. The van der Waals surface area contributed by atoms with Gasteiger partial charge in [-0.1, -0.05) is 6.92 Å². The number of nitrogens with one attached hydrogen (secondary N) is 1. The first-order valence-corrected chi connectivity index (χ1v) is 5.55. The van der Waals surface area contributed by atoms with Gasteiger partial charge in [0.05, 0.1) is 12.0 Å². The minimum atomic E-state index is -0.0473. The average molecular weight is 234 g/mol. The summed E-state index contributed by atoms with van der Waals surface area (Å²) in [7, 11) is 1.91. The zero-order chi connectivity index (χ0) is 12.8. The van der Waals surface area contributed by atoms with Crippen LogP contribution in [0.2, 0.25) is 0 Å². The van der Waals surface area contributed by atoms with Gasteiger partial charge >= 0.3 is 0 Å². The van der Waals surface area contributed by atoms with E-state index in [4.69, 9.17) is 11.1 Å². The summed E-state index contributed by atoms with van der Waals surface area (Å²) in [5, 5.41) is 8.82. The molecule has 0 fully saturated rings. The monoisotopic (exact) mass is 234 g/mol. The number of anilines is 2. The van der Waals surface area contributed by atoms with Crippen molar-refractivity contribution in [1.29, 1.82) is 5.26 Å². The Kier molecular flexibility index (Phi) is 4.67. The third-order valence-corrected chi connectivity index (χ3v) is 2.54. The minimum Gasteiger partial charge on any atom is -0.358 e. The molecule has 0 spiro atoms. The average Bonchev–Trinajstić information content (AvgIpc) is 2.37. The van der Waals surface area contributed by atoms with Gasteiger partial charge in [-0.2, -0.15) is 5.26 Å². The molecule has 3 N–H and O–H groups in total. The number of hydrogen-bond acceptors (Lipinski definition) is 6. The van der Waals surface area contributed by atoms with E-state index in [0.717, 1.165) is 17.8 Å². The topological polar surface area (TPSA) is 90.9 Å². The molecule has 6 heteroatoms. The maximum absolute atomic E-state index is 8.82. The van der Waals surface area contributed by atoms with Crippen LogP contribution < -0.4 is 16.2 Å². The molecule has 1 heterocycles. The van der Waals surface area contributed by atoms with Gasteiger partial charge in [0.15, 0.2) is 0 Å². The molecular formula is C11H18N6. The Morgan fingerprint density at radius 2 is 2.29 bits per heavy atom. The molecule has 92 valence electrons. The van der Waals surface area contributed by atoms with Crippen molar-refractivity contribution in [3.05, 3.63) is 11.9 Å². The number of nitrogen functional groups attached to an aromatic ring is 1. The zero-order valence-corrected chi connectivity index (χ0v) is 10.4. The van der Waals surface area contributed by atoms with Crippen molar-refractivity contribution in [3.8, 4) is 6.07 Å². The van der Waals surface area contributed by atoms with Gasteiger partial charge < -0.3 is 10.3 Å². The van der Waals surface area contributed by atoms with E-state index in [0.29, 0.717) is 12.4 Å². The van der Waals surface area contributed by atoms with E-state index < -0.39 is 0 Å². The highest BCUT2D eigenvalue weighted by molar-refractivity contribution is 5.58. The van der Waals surface area contributed by atoms with E-state index >= 15 is 0 Å². The van der Waals surface area contributed by atoms with Crippen LogP contribution in [0.15, 0.2) is 6.33 Å². The van der Waals surface area contributed by atoms with Crippen LogP contribution in [0.5, 0.6) is 0 Å². The van der Waals surface area contributed by atoms with Crippen LogP contribution in [0.25, 0.3) is 0 Å². The number of hydrazine groups is 1. The Morgan fingerprint density at radius 3 is 2.82 bits per heavy atom. The first kappa shape index (κ1) is 13.2. The number of rotatable bonds is 5. The highest BCUT2D eigenvalue weighted by atomic mass is 15.3. The Hall–Kier alpha value is -1.87. The molecule has 0 amide bonds. The fourth-order valence-electron chi connectivity index (χ4n) is 1.72. The van der Waals surface area contributed by atoms with Gasteiger partial charge in [0, 0.05) is 19.2 Å². The third-order valence-electron chi connectivity index (χ3n) is 2.54. The smallest absolute Gasteiger partial charge is 0.148 e. The number of nitrogens with two attached hydrogens (primary N) is 1. The third kappa shape index (κ3) is 3.04. The first-order chi connectivity index (χ1) is 8.13. The van der Waals surface area contributed by atoms with Gasteiger partial charge in [-0.3, -0.25) is 0 Å². The largest absolute Gasteiger partial charge is 0.358 e. The predicted molar refractivity (Wildman–Crippen MR) is 67.3 cm³/mol. The molecule has 0 bridgehead atoms. The number of nitrogens with zero attached hydrogens (tertiary/aromatic N) is 4. The number of hydrogen-bond donors (Lipinski definition) is 2. The Bertz CT molecular complexity index is 411. The highest BCUT2D eigenvalue weighted by Gasteiger charge is 2.14. The molecule has 6 nitrogen and oxygen atoms in total. The summed E-state index contributed by atoms with van der Waals surface area (Å²) < 4.78 is 0. The lowest BCUT2D eigenvalue weighted by atomic mass is 10.1. The molecule has 1 aromatic rings. The van der Waals surface area contributed by atoms with Crippen molar-refractivity contribution in [2.24, 2.45) is 11.8 Å². The molecule has 0 radical (unpaired) electrons. The van der Waals surface area contributed by atoms with Gasteiger partial charge in [0.1, 0.15) is 18.0 Å². The van der Waals surface area contributed by atoms with E-state index in [1.807, 2.05) is 25.8 Å². The maximum Gasteiger partial charge on any atom is 0.148 e. The molecule has 17 heavy (non-hydrogen) atoms. The molecule has 0 saturated carbocycles. The van der Waals surface area contributed by atoms with Gasteiger partial charge in [-0.05, 0) is 13.3 Å². The van der Waals surface area contributed by atoms with Crippen molar-refractivity contribution < 1.29 is 0 Å². The molecule has 0 aliphatic heterocycles. The van der Waals surface area contributed by atoms with Crippen molar-refractivity contribution in [1.82, 2.24) is 9.97 Å². The van der Waals surface area contributed by atoms with E-state index in [9.17, 15) is 0 Å². The van der Waals surface area contributed by atoms with Crippen LogP contribution in [0, 0.1) is 17.2 Å². The number of aromatic nitrogens is 2. The van der Waals surface area contributed by atoms with Crippen LogP contribution in [0.3, 0.4) is 0 Å². The van der Waals surface area contributed by atoms with Crippen molar-refractivity contribution in [3.63, 3.8) is 0 Å². The fourth-order valence-corrected chi connectivity index (χ4v) is 1.72. The van der Waals surface area contributed by atoms with Crippen LogP contribution >= 0.6 is 0 Å². The molecule has 0 saturated heterocycles. The lowest BCUT2D eigenvalue weighted by Gasteiger charge is -2.22. The number of nitriles is 1. The van der Waals surface area contributed by atoms with Crippen LogP contribution in [-0.2, 0) is 6.42 Å². The fraction of sp³-hybridized carbons (Fsp3) is 0.545. The lowest BCUT2D eigenvalue weighted by Crippen LogP contribution is -2.26. The van der Waals surface area contributed by atoms with Crippen LogP contribution in [0.1, 0.15) is 19.4 Å². The van der Waals surface area contributed by atoms with Gasteiger partial charge in [0.25, 0.3) is 0 Å². The second kappa shape index (κ2) is 6.01. The quantitative estimate of drug-likeness (QED) is 0.581. The standard InChI is InChI=1S/C11H18N6/c1-4-9-10(16-13)14-7-15-11(9)17(3)6-8(2)5-12/h7-8H,4,6,13H2,1-3H3,(H,14,15,16). The van der Waals surface area contributed by atoms with Crippen LogP contribution in [0.4, 0.5) is 11.6 Å². The van der Waals surface area contributed by atoms with Gasteiger partial charge in [-0.15, -0.1) is 0 Å². The maximum atomic E-state index is 8.82. The molecule has 1 unspecified atom stereocenters. The molecular weight excluding hydrogens is 216 g/mol. The summed E-state index contributed by atoms with van der Waals surface area (Å²) >= 11 is 0. The highest BCUT2D eigenvalue weighted by Crippen LogP contribution is 2.22. The summed E-state index contributed by atoms with van der Waals surface area (Å²) in [6.07, 6.45) is 2.25. The normalized spacial score (nSPS) is 11.7.